The molecule has 162 valence electrons. The van der Waals surface area contributed by atoms with Gasteiger partial charge in [-0.05, 0) is 78.7 Å². The van der Waals surface area contributed by atoms with Crippen LogP contribution in [0.3, 0.4) is 0 Å². The Labute approximate surface area is 191 Å². The Bertz CT molecular complexity index is 1780. The van der Waals surface area contributed by atoms with Crippen molar-refractivity contribution in [3.8, 4) is 0 Å². The van der Waals surface area contributed by atoms with Crippen LogP contribution in [0, 0.1) is 24.6 Å². The van der Waals surface area contributed by atoms with Gasteiger partial charge in [-0.25, -0.2) is 8.96 Å². The zero-order valence-corrected chi connectivity index (χ0v) is 19.0. The summed E-state index contributed by atoms with van der Waals surface area (Å²) in [5, 5.41) is 5.58. The van der Waals surface area contributed by atoms with Crippen LogP contribution in [-0.4, -0.2) is 4.40 Å². The zero-order valence-electron chi connectivity index (χ0n) is 19.0. The molecule has 8 rings (SSSR count). The molecule has 3 aromatic carbocycles. The second-order valence-corrected chi connectivity index (χ2v) is 10.7. The molecule has 33 heavy (non-hydrogen) atoms. The van der Waals surface area contributed by atoms with Crippen molar-refractivity contribution < 1.29 is 8.96 Å². The molecule has 0 saturated heterocycles. The molecule has 2 fully saturated rings. The highest BCUT2D eigenvalue weighted by atomic mass is 19.1. The minimum Gasteiger partial charge on any atom is -0.307 e. The maximum Gasteiger partial charge on any atom is 0.224 e. The SMILES string of the molecule is Cc1ccc2c3c(F)cccc3n3c4cc(C5CC6CCC5C6)cc5cc[n+](C)c(c1c23)c54. The number of hydrogen-bond donors (Lipinski definition) is 0. The first-order chi connectivity index (χ1) is 16.1. The topological polar surface area (TPSA) is 8.29 Å². The van der Waals surface area contributed by atoms with E-state index in [1.807, 2.05) is 6.07 Å². The third kappa shape index (κ3) is 2.16. The van der Waals surface area contributed by atoms with Crippen LogP contribution < -0.4 is 4.57 Å². The Morgan fingerprint density at radius 2 is 1.85 bits per heavy atom. The van der Waals surface area contributed by atoms with E-state index in [1.54, 1.807) is 6.07 Å². The summed E-state index contributed by atoms with van der Waals surface area (Å²) < 4.78 is 19.8. The van der Waals surface area contributed by atoms with E-state index in [0.717, 1.165) is 33.6 Å². The molecule has 2 saturated carbocycles. The summed E-state index contributed by atoms with van der Waals surface area (Å²) >= 11 is 0. The fraction of sp³-hybridized carbons (Fsp3) is 0.300. The van der Waals surface area contributed by atoms with E-state index in [1.165, 1.54) is 64.0 Å². The van der Waals surface area contributed by atoms with Crippen molar-refractivity contribution in [2.45, 2.75) is 38.5 Å². The number of hydrogen-bond acceptors (Lipinski definition) is 0. The van der Waals surface area contributed by atoms with Crippen LogP contribution in [0.2, 0.25) is 0 Å². The lowest BCUT2D eigenvalue weighted by Crippen LogP contribution is -2.29. The Morgan fingerprint density at radius 1 is 0.939 bits per heavy atom. The van der Waals surface area contributed by atoms with Gasteiger partial charge in [0.15, 0.2) is 6.20 Å². The fourth-order valence-corrected chi connectivity index (χ4v) is 7.61. The average molecular weight is 434 g/mol. The lowest BCUT2D eigenvalue weighted by molar-refractivity contribution is -0.643. The Morgan fingerprint density at radius 3 is 2.67 bits per heavy atom. The number of rotatable bonds is 1. The van der Waals surface area contributed by atoms with E-state index in [-0.39, 0.29) is 5.82 Å². The van der Waals surface area contributed by atoms with Gasteiger partial charge < -0.3 is 4.40 Å². The van der Waals surface area contributed by atoms with Crippen LogP contribution in [0.1, 0.15) is 42.7 Å². The maximum atomic E-state index is 15.2. The second-order valence-electron chi connectivity index (χ2n) is 10.7. The highest BCUT2D eigenvalue weighted by Gasteiger charge is 2.40. The van der Waals surface area contributed by atoms with E-state index >= 15 is 4.39 Å². The standard InChI is InChI=1S/C30H26FN2/c1-16-6-9-21-28-23(31)4-3-5-24(28)33-25-15-20(22-13-17-7-8-18(22)12-17)14-19-10-11-32(2)30(27(19)25)26(16)29(21)33/h3-6,9-11,14-15,17-18,22H,7-8,12-13H2,1-2H3/q+1. The molecule has 6 aromatic rings. The van der Waals surface area contributed by atoms with Crippen LogP contribution in [0.5, 0.6) is 0 Å². The van der Waals surface area contributed by atoms with Crippen LogP contribution in [0.25, 0.3) is 49.0 Å². The lowest BCUT2D eigenvalue weighted by Gasteiger charge is -2.23. The molecule has 0 radical (unpaired) electrons. The number of nitrogens with zero attached hydrogens (tertiary/aromatic N) is 2. The van der Waals surface area contributed by atoms with E-state index < -0.39 is 0 Å². The number of halogens is 1. The van der Waals surface area contributed by atoms with Crippen molar-refractivity contribution in [3.63, 3.8) is 0 Å². The van der Waals surface area contributed by atoms with Crippen molar-refractivity contribution in [2.24, 2.45) is 18.9 Å². The van der Waals surface area contributed by atoms with Gasteiger partial charge in [-0.15, -0.1) is 0 Å². The van der Waals surface area contributed by atoms with E-state index in [0.29, 0.717) is 5.92 Å². The summed E-state index contributed by atoms with van der Waals surface area (Å²) in [4.78, 5) is 0. The van der Waals surface area contributed by atoms with Crippen LogP contribution in [0.4, 0.5) is 4.39 Å². The van der Waals surface area contributed by atoms with E-state index in [4.69, 9.17) is 0 Å². The van der Waals surface area contributed by atoms with Gasteiger partial charge in [0.25, 0.3) is 0 Å². The Hall–Kier alpha value is -3.20. The third-order valence-corrected chi connectivity index (χ3v) is 8.99. The maximum absolute atomic E-state index is 15.2. The molecule has 3 atom stereocenters. The fourth-order valence-electron chi connectivity index (χ4n) is 7.61. The van der Waals surface area contributed by atoms with Gasteiger partial charge in [-0.3, -0.25) is 0 Å². The largest absolute Gasteiger partial charge is 0.307 e. The number of fused-ring (bicyclic) bond motifs is 7. The highest BCUT2D eigenvalue weighted by Crippen LogP contribution is 2.53. The van der Waals surface area contributed by atoms with E-state index in [2.05, 4.69) is 65.5 Å². The quantitative estimate of drug-likeness (QED) is 0.148. The summed E-state index contributed by atoms with van der Waals surface area (Å²) in [5.41, 5.74) is 7.31. The first-order valence-electron chi connectivity index (χ1n) is 12.3. The van der Waals surface area contributed by atoms with Crippen molar-refractivity contribution in [1.82, 2.24) is 4.40 Å². The van der Waals surface area contributed by atoms with Crippen LogP contribution >= 0.6 is 0 Å². The van der Waals surface area contributed by atoms with Crippen molar-refractivity contribution >= 4 is 49.0 Å². The molecular formula is C30H26FN2+. The van der Waals surface area contributed by atoms with Gasteiger partial charge in [-0.2, -0.15) is 0 Å². The molecule has 0 N–H and O–H groups in total. The monoisotopic (exact) mass is 433 g/mol. The van der Waals surface area contributed by atoms with Crippen molar-refractivity contribution in [3.05, 3.63) is 71.7 Å². The summed E-state index contributed by atoms with van der Waals surface area (Å²) in [7, 11) is 2.14. The lowest BCUT2D eigenvalue weighted by atomic mass is 9.82. The summed E-state index contributed by atoms with van der Waals surface area (Å²) in [6.07, 6.45) is 7.72. The highest BCUT2D eigenvalue weighted by molar-refractivity contribution is 6.25. The molecule has 2 aliphatic carbocycles. The van der Waals surface area contributed by atoms with Gasteiger partial charge in [0.05, 0.1) is 27.3 Å². The first-order valence-corrected chi connectivity index (χ1v) is 12.3. The number of aromatic nitrogens is 2. The number of pyridine rings is 2. The predicted molar refractivity (Wildman–Crippen MR) is 133 cm³/mol. The molecule has 2 nitrogen and oxygen atoms in total. The first kappa shape index (κ1) is 18.3. The molecular weight excluding hydrogens is 407 g/mol. The van der Waals surface area contributed by atoms with E-state index in [9.17, 15) is 0 Å². The zero-order chi connectivity index (χ0) is 22.0. The Balaban J connectivity index is 1.65. The predicted octanol–water partition coefficient (Wildman–Crippen LogP) is 7.17. The number of aryl methyl sites for hydroxylation is 2. The Kier molecular flexibility index (Phi) is 3.33. The van der Waals surface area contributed by atoms with Crippen LogP contribution in [-0.2, 0) is 7.05 Å². The average Bonchev–Trinajstić information content (AvgIpc) is 3.53. The van der Waals surface area contributed by atoms with Gasteiger partial charge in [0.1, 0.15) is 12.9 Å². The molecule has 3 heterocycles. The molecule has 0 amide bonds. The van der Waals surface area contributed by atoms with Crippen molar-refractivity contribution in [1.29, 1.82) is 0 Å². The summed E-state index contributed by atoms with van der Waals surface area (Å²) in [6, 6.07) is 17.0. The summed E-state index contributed by atoms with van der Waals surface area (Å²) in [6.45, 7) is 2.18. The third-order valence-electron chi connectivity index (χ3n) is 8.99. The molecule has 3 unspecified atom stereocenters. The second kappa shape index (κ2) is 6.02. The minimum absolute atomic E-state index is 0.137. The van der Waals surface area contributed by atoms with Gasteiger partial charge in [0, 0.05) is 16.8 Å². The smallest absolute Gasteiger partial charge is 0.224 e. The van der Waals surface area contributed by atoms with Crippen LogP contribution in [0.15, 0.2) is 54.7 Å². The van der Waals surface area contributed by atoms with Gasteiger partial charge in [0.2, 0.25) is 5.52 Å². The molecule has 3 aromatic heterocycles. The van der Waals surface area contributed by atoms with Gasteiger partial charge >= 0.3 is 0 Å². The van der Waals surface area contributed by atoms with Gasteiger partial charge in [-0.1, -0.05) is 30.7 Å². The number of benzene rings is 3. The minimum atomic E-state index is -0.137. The molecule has 0 aliphatic heterocycles. The summed E-state index contributed by atoms with van der Waals surface area (Å²) in [5.74, 6) is 2.26. The molecule has 2 aliphatic rings. The molecule has 2 bridgehead atoms. The normalized spacial score (nSPS) is 22.8. The van der Waals surface area contributed by atoms with Crippen molar-refractivity contribution in [2.75, 3.05) is 0 Å². The molecule has 3 heteroatoms. The molecule has 0 spiro atoms.